The average molecular weight is 358 g/mol. The zero-order valence-corrected chi connectivity index (χ0v) is 17.1. The molecular formula is C21H31N2OP. The summed E-state index contributed by atoms with van der Waals surface area (Å²) < 4.78 is 5.95. The first-order valence-electron chi connectivity index (χ1n) is 9.22. The molecule has 0 spiro atoms. The van der Waals surface area contributed by atoms with Gasteiger partial charge in [-0.1, -0.05) is 24.3 Å². The standard InChI is InChI=1S/C21H31N2OP/c1-6-22(7-2)18-12-10-14-20(16-18)25(24-5)21-15-11-13-19(17-21)23(8-3)9-4/h10-17H,6-9H2,1-5H3. The number of nitrogens with zero attached hydrogens (tertiary/aromatic N) is 2. The van der Waals surface area contributed by atoms with Crippen molar-refractivity contribution in [3.8, 4) is 0 Å². The van der Waals surface area contributed by atoms with Crippen LogP contribution < -0.4 is 20.4 Å². The zero-order valence-electron chi connectivity index (χ0n) is 16.2. The Morgan fingerprint density at radius 1 is 0.720 bits per heavy atom. The van der Waals surface area contributed by atoms with Crippen molar-refractivity contribution >= 4 is 30.1 Å². The van der Waals surface area contributed by atoms with Gasteiger partial charge in [-0.25, -0.2) is 0 Å². The number of benzene rings is 2. The van der Waals surface area contributed by atoms with Gasteiger partial charge >= 0.3 is 0 Å². The third kappa shape index (κ3) is 4.74. The molecule has 0 aliphatic rings. The van der Waals surface area contributed by atoms with Gasteiger partial charge in [0, 0.05) is 55.3 Å². The summed E-state index contributed by atoms with van der Waals surface area (Å²) in [4.78, 5) is 4.75. The zero-order chi connectivity index (χ0) is 18.2. The molecule has 136 valence electrons. The first-order chi connectivity index (χ1) is 12.2. The first-order valence-corrected chi connectivity index (χ1v) is 10.5. The maximum atomic E-state index is 5.95. The van der Waals surface area contributed by atoms with Crippen LogP contribution >= 0.6 is 8.15 Å². The third-order valence-electron chi connectivity index (χ3n) is 4.57. The monoisotopic (exact) mass is 358 g/mol. The van der Waals surface area contributed by atoms with E-state index in [-0.39, 0.29) is 0 Å². The molecule has 0 unspecified atom stereocenters. The van der Waals surface area contributed by atoms with Crippen LogP contribution in [0.3, 0.4) is 0 Å². The van der Waals surface area contributed by atoms with E-state index in [0.717, 1.165) is 26.2 Å². The van der Waals surface area contributed by atoms with Crippen molar-refractivity contribution in [2.24, 2.45) is 0 Å². The lowest BCUT2D eigenvalue weighted by atomic mass is 10.3. The minimum absolute atomic E-state index is 0.804. The molecule has 0 heterocycles. The van der Waals surface area contributed by atoms with E-state index in [1.807, 2.05) is 7.11 Å². The molecule has 0 fully saturated rings. The number of hydrogen-bond acceptors (Lipinski definition) is 3. The topological polar surface area (TPSA) is 15.7 Å². The van der Waals surface area contributed by atoms with E-state index in [1.54, 1.807) is 0 Å². The fraction of sp³-hybridized carbons (Fsp3) is 0.429. The lowest BCUT2D eigenvalue weighted by Crippen LogP contribution is -2.24. The maximum Gasteiger partial charge on any atom is 0.0914 e. The van der Waals surface area contributed by atoms with E-state index in [0.29, 0.717) is 0 Å². The van der Waals surface area contributed by atoms with Crippen molar-refractivity contribution in [1.82, 2.24) is 0 Å². The van der Waals surface area contributed by atoms with Crippen molar-refractivity contribution in [3.05, 3.63) is 48.5 Å². The van der Waals surface area contributed by atoms with Crippen LogP contribution in [-0.4, -0.2) is 33.3 Å². The minimum Gasteiger partial charge on any atom is -0.372 e. The van der Waals surface area contributed by atoms with Gasteiger partial charge in [0.25, 0.3) is 0 Å². The van der Waals surface area contributed by atoms with Gasteiger partial charge in [-0.2, -0.15) is 0 Å². The van der Waals surface area contributed by atoms with Crippen molar-refractivity contribution < 1.29 is 4.52 Å². The molecule has 0 aromatic heterocycles. The molecule has 0 aliphatic heterocycles. The highest BCUT2D eigenvalue weighted by Crippen LogP contribution is 2.36. The smallest absolute Gasteiger partial charge is 0.0914 e. The van der Waals surface area contributed by atoms with Gasteiger partial charge in [0.1, 0.15) is 0 Å². The first kappa shape index (κ1) is 19.8. The Hall–Kier alpha value is -1.57. The summed E-state index contributed by atoms with van der Waals surface area (Å²) in [5, 5.41) is 2.53. The van der Waals surface area contributed by atoms with E-state index >= 15 is 0 Å². The molecular weight excluding hydrogens is 327 g/mol. The predicted octanol–water partition coefficient (Wildman–Crippen LogP) is 4.37. The summed E-state index contributed by atoms with van der Waals surface area (Å²) in [6.07, 6.45) is 0. The van der Waals surface area contributed by atoms with Gasteiger partial charge in [-0.15, -0.1) is 0 Å². The van der Waals surface area contributed by atoms with Crippen LogP contribution in [0.2, 0.25) is 0 Å². The van der Waals surface area contributed by atoms with Crippen LogP contribution in [0.4, 0.5) is 11.4 Å². The Kier molecular flexibility index (Phi) is 7.74. The van der Waals surface area contributed by atoms with Crippen LogP contribution in [0.15, 0.2) is 48.5 Å². The SMILES string of the molecule is CCN(CC)c1cccc(P(OC)c2cccc(N(CC)CC)c2)c1. The van der Waals surface area contributed by atoms with E-state index in [1.165, 1.54) is 22.0 Å². The van der Waals surface area contributed by atoms with Gasteiger partial charge in [0.05, 0.1) is 8.15 Å². The maximum absolute atomic E-state index is 5.95. The molecule has 0 N–H and O–H groups in total. The van der Waals surface area contributed by atoms with E-state index in [2.05, 4.69) is 86.0 Å². The van der Waals surface area contributed by atoms with Gasteiger partial charge in [-0.05, 0) is 52.0 Å². The van der Waals surface area contributed by atoms with E-state index < -0.39 is 8.15 Å². The number of anilines is 2. The van der Waals surface area contributed by atoms with Gasteiger partial charge < -0.3 is 14.3 Å². The second kappa shape index (κ2) is 9.79. The predicted molar refractivity (Wildman–Crippen MR) is 113 cm³/mol. The lowest BCUT2D eigenvalue weighted by Gasteiger charge is -2.25. The Morgan fingerprint density at radius 3 is 1.44 bits per heavy atom. The molecule has 3 nitrogen and oxygen atoms in total. The van der Waals surface area contributed by atoms with Gasteiger partial charge in [-0.3, -0.25) is 0 Å². The molecule has 2 aromatic rings. The molecule has 0 atom stereocenters. The molecule has 0 saturated carbocycles. The molecule has 4 heteroatoms. The molecule has 2 rings (SSSR count). The second-order valence-corrected chi connectivity index (χ2v) is 7.85. The van der Waals surface area contributed by atoms with Crippen LogP contribution in [0, 0.1) is 0 Å². The van der Waals surface area contributed by atoms with Crippen molar-refractivity contribution in [2.45, 2.75) is 27.7 Å². The summed E-state index contributed by atoms with van der Waals surface area (Å²) in [6, 6.07) is 17.6. The Bertz CT molecular complexity index is 598. The summed E-state index contributed by atoms with van der Waals surface area (Å²) in [6.45, 7) is 12.9. The molecule has 0 aliphatic carbocycles. The molecule has 0 bridgehead atoms. The third-order valence-corrected chi connectivity index (χ3v) is 6.43. The van der Waals surface area contributed by atoms with Crippen molar-refractivity contribution in [2.75, 3.05) is 43.1 Å². The normalized spacial score (nSPS) is 11.0. The van der Waals surface area contributed by atoms with Crippen molar-refractivity contribution in [3.63, 3.8) is 0 Å². The van der Waals surface area contributed by atoms with Crippen LogP contribution in [-0.2, 0) is 4.52 Å². The highest BCUT2D eigenvalue weighted by atomic mass is 31.1. The summed E-state index contributed by atoms with van der Waals surface area (Å²) >= 11 is 0. The number of hydrogen-bond donors (Lipinski definition) is 0. The van der Waals surface area contributed by atoms with Gasteiger partial charge in [0.15, 0.2) is 0 Å². The lowest BCUT2D eigenvalue weighted by molar-refractivity contribution is 0.474. The largest absolute Gasteiger partial charge is 0.372 e. The van der Waals surface area contributed by atoms with E-state index in [4.69, 9.17) is 4.52 Å². The second-order valence-electron chi connectivity index (χ2n) is 5.86. The fourth-order valence-electron chi connectivity index (χ4n) is 3.17. The Balaban J connectivity index is 2.37. The molecule has 0 amide bonds. The summed E-state index contributed by atoms with van der Waals surface area (Å²) in [5.41, 5.74) is 2.54. The average Bonchev–Trinajstić information content (AvgIpc) is 2.65. The Labute approximate surface area is 154 Å². The van der Waals surface area contributed by atoms with Crippen LogP contribution in [0.5, 0.6) is 0 Å². The highest BCUT2D eigenvalue weighted by molar-refractivity contribution is 7.68. The van der Waals surface area contributed by atoms with E-state index in [9.17, 15) is 0 Å². The van der Waals surface area contributed by atoms with Crippen LogP contribution in [0.25, 0.3) is 0 Å². The molecule has 0 saturated heterocycles. The van der Waals surface area contributed by atoms with Crippen LogP contribution in [0.1, 0.15) is 27.7 Å². The van der Waals surface area contributed by atoms with Gasteiger partial charge in [0.2, 0.25) is 0 Å². The molecule has 25 heavy (non-hydrogen) atoms. The molecule has 0 radical (unpaired) electrons. The summed E-state index contributed by atoms with van der Waals surface area (Å²) in [7, 11) is 1.02. The molecule has 2 aromatic carbocycles. The summed E-state index contributed by atoms with van der Waals surface area (Å²) in [5.74, 6) is 0. The quantitative estimate of drug-likeness (QED) is 0.619. The minimum atomic E-state index is -0.804. The Morgan fingerprint density at radius 2 is 1.12 bits per heavy atom. The van der Waals surface area contributed by atoms with Crippen molar-refractivity contribution in [1.29, 1.82) is 0 Å². The number of rotatable bonds is 9. The fourth-order valence-corrected chi connectivity index (χ4v) is 4.83. The highest BCUT2D eigenvalue weighted by Gasteiger charge is 2.16.